The number of anilines is 2. The lowest BCUT2D eigenvalue weighted by molar-refractivity contribution is 0.102. The van der Waals surface area contributed by atoms with Crippen molar-refractivity contribution in [1.29, 1.82) is 0 Å². The second-order valence-corrected chi connectivity index (χ2v) is 5.76. The molecule has 0 radical (unpaired) electrons. The van der Waals surface area contributed by atoms with Crippen molar-refractivity contribution in [3.8, 4) is 5.75 Å². The summed E-state index contributed by atoms with van der Waals surface area (Å²) in [7, 11) is 1.64. The second kappa shape index (κ2) is 8.75. The lowest BCUT2D eigenvalue weighted by Crippen LogP contribution is -2.15. The first-order chi connectivity index (χ1) is 13.2. The highest BCUT2D eigenvalue weighted by molar-refractivity contribution is 6.02. The van der Waals surface area contributed by atoms with Gasteiger partial charge in [-0.2, -0.15) is 0 Å². The minimum atomic E-state index is -0.450. The van der Waals surface area contributed by atoms with Gasteiger partial charge in [0.15, 0.2) is 5.69 Å². The summed E-state index contributed by atoms with van der Waals surface area (Å²) in [6, 6.07) is 16.7. The van der Waals surface area contributed by atoms with Crippen LogP contribution >= 0.6 is 0 Å². The third kappa shape index (κ3) is 5.01. The minimum absolute atomic E-state index is 0.148. The summed E-state index contributed by atoms with van der Waals surface area (Å²) in [5.41, 5.74) is 1.60. The average molecular weight is 366 g/mol. The largest absolute Gasteiger partial charge is 0.496 e. The van der Waals surface area contributed by atoms with Crippen molar-refractivity contribution in [2.75, 3.05) is 24.3 Å². The third-order valence-electron chi connectivity index (χ3n) is 3.87. The third-order valence-corrected chi connectivity index (χ3v) is 3.87. The molecule has 1 aromatic heterocycles. The van der Waals surface area contributed by atoms with E-state index in [1.807, 2.05) is 24.3 Å². The van der Waals surface area contributed by atoms with Crippen molar-refractivity contribution >= 4 is 17.4 Å². The molecule has 0 saturated heterocycles. The molecular formula is C20H19FN4O2. The highest BCUT2D eigenvalue weighted by atomic mass is 19.1. The van der Waals surface area contributed by atoms with Crippen LogP contribution in [0.25, 0.3) is 0 Å². The van der Waals surface area contributed by atoms with Crippen molar-refractivity contribution in [2.45, 2.75) is 6.42 Å². The van der Waals surface area contributed by atoms with Gasteiger partial charge in [-0.15, -0.1) is 10.2 Å². The summed E-state index contributed by atoms with van der Waals surface area (Å²) in [6.07, 6.45) is 0.757. The summed E-state index contributed by atoms with van der Waals surface area (Å²) in [6.45, 7) is 0.643. The number of nitrogens with zero attached hydrogens (tertiary/aromatic N) is 2. The topological polar surface area (TPSA) is 76.1 Å². The maximum Gasteiger partial charge on any atom is 0.276 e. The standard InChI is InChI=1S/C20H19FN4O2/c1-27-18-8-3-2-5-14(18)11-12-22-19-10-9-17(24-25-19)20(26)23-16-7-4-6-15(21)13-16/h2-10,13H,11-12H2,1H3,(H,22,25)(H,23,26). The molecule has 2 N–H and O–H groups in total. The number of aromatic nitrogens is 2. The van der Waals surface area contributed by atoms with Crippen molar-refractivity contribution < 1.29 is 13.9 Å². The fraction of sp³-hybridized carbons (Fsp3) is 0.150. The Morgan fingerprint density at radius 3 is 2.67 bits per heavy atom. The molecule has 3 aromatic rings. The number of hydrogen-bond acceptors (Lipinski definition) is 5. The molecule has 0 saturated carbocycles. The van der Waals surface area contributed by atoms with E-state index in [9.17, 15) is 9.18 Å². The molecule has 0 unspecified atom stereocenters. The maximum atomic E-state index is 13.2. The number of halogens is 1. The molecule has 2 aromatic carbocycles. The Balaban J connectivity index is 1.54. The van der Waals surface area contributed by atoms with E-state index in [1.165, 1.54) is 18.2 Å². The molecule has 0 fully saturated rings. The molecule has 0 aliphatic carbocycles. The van der Waals surface area contributed by atoms with E-state index in [1.54, 1.807) is 25.3 Å². The van der Waals surface area contributed by atoms with Crippen molar-refractivity contribution in [1.82, 2.24) is 10.2 Å². The van der Waals surface area contributed by atoms with Crippen LogP contribution in [0.1, 0.15) is 16.1 Å². The van der Waals surface area contributed by atoms with Crippen molar-refractivity contribution in [3.05, 3.63) is 77.7 Å². The Morgan fingerprint density at radius 2 is 1.93 bits per heavy atom. The number of hydrogen-bond donors (Lipinski definition) is 2. The normalized spacial score (nSPS) is 10.3. The van der Waals surface area contributed by atoms with E-state index < -0.39 is 11.7 Å². The monoisotopic (exact) mass is 366 g/mol. The van der Waals surface area contributed by atoms with Gasteiger partial charge in [0.2, 0.25) is 0 Å². The number of nitrogens with one attached hydrogen (secondary N) is 2. The first kappa shape index (κ1) is 18.3. The molecule has 0 spiro atoms. The summed E-state index contributed by atoms with van der Waals surface area (Å²) >= 11 is 0. The van der Waals surface area contributed by atoms with Crippen LogP contribution in [0.4, 0.5) is 15.9 Å². The van der Waals surface area contributed by atoms with Crippen LogP contribution < -0.4 is 15.4 Å². The van der Waals surface area contributed by atoms with Crippen LogP contribution in [0.15, 0.2) is 60.7 Å². The van der Waals surface area contributed by atoms with E-state index in [-0.39, 0.29) is 5.69 Å². The summed E-state index contributed by atoms with van der Waals surface area (Å²) in [4.78, 5) is 12.1. The molecule has 1 amide bonds. The predicted molar refractivity (Wildman–Crippen MR) is 102 cm³/mol. The molecule has 27 heavy (non-hydrogen) atoms. The van der Waals surface area contributed by atoms with Crippen LogP contribution in [0.2, 0.25) is 0 Å². The van der Waals surface area contributed by atoms with Gasteiger partial charge >= 0.3 is 0 Å². The number of carbonyl (C=O) groups excluding carboxylic acids is 1. The number of ether oxygens (including phenoxy) is 1. The van der Waals surface area contributed by atoms with Crippen molar-refractivity contribution in [2.24, 2.45) is 0 Å². The number of para-hydroxylation sites is 1. The van der Waals surface area contributed by atoms with Gasteiger partial charge in [-0.3, -0.25) is 4.79 Å². The van der Waals surface area contributed by atoms with Gasteiger partial charge in [0.1, 0.15) is 17.4 Å². The van der Waals surface area contributed by atoms with Crippen LogP contribution in [0.5, 0.6) is 5.75 Å². The van der Waals surface area contributed by atoms with Crippen molar-refractivity contribution in [3.63, 3.8) is 0 Å². The van der Waals surface area contributed by atoms with Gasteiger partial charge in [0.25, 0.3) is 5.91 Å². The molecule has 0 aliphatic rings. The Labute approximate surface area is 156 Å². The number of amides is 1. The molecule has 0 aliphatic heterocycles. The molecule has 0 bridgehead atoms. The highest BCUT2D eigenvalue weighted by Gasteiger charge is 2.09. The minimum Gasteiger partial charge on any atom is -0.496 e. The molecule has 138 valence electrons. The van der Waals surface area contributed by atoms with E-state index in [2.05, 4.69) is 20.8 Å². The van der Waals surface area contributed by atoms with Gasteiger partial charge in [0.05, 0.1) is 7.11 Å². The van der Waals surface area contributed by atoms with Gasteiger partial charge in [0, 0.05) is 12.2 Å². The van der Waals surface area contributed by atoms with Gasteiger partial charge < -0.3 is 15.4 Å². The average Bonchev–Trinajstić information content (AvgIpc) is 2.69. The van der Waals surface area contributed by atoms with Crippen LogP contribution in [0, 0.1) is 5.82 Å². The summed E-state index contributed by atoms with van der Waals surface area (Å²) in [5.74, 6) is 0.532. The van der Waals surface area contributed by atoms with Crippen LogP contribution in [-0.2, 0) is 6.42 Å². The predicted octanol–water partition coefficient (Wildman–Crippen LogP) is 3.53. The molecular weight excluding hydrogens is 347 g/mol. The molecule has 3 rings (SSSR count). The molecule has 7 heteroatoms. The Kier molecular flexibility index (Phi) is 5.94. The zero-order valence-corrected chi connectivity index (χ0v) is 14.8. The number of benzene rings is 2. The van der Waals surface area contributed by atoms with E-state index in [0.29, 0.717) is 18.1 Å². The smallest absolute Gasteiger partial charge is 0.276 e. The quantitative estimate of drug-likeness (QED) is 0.669. The fourth-order valence-corrected chi connectivity index (χ4v) is 2.54. The van der Waals surface area contributed by atoms with E-state index in [0.717, 1.165) is 17.7 Å². The molecule has 0 atom stereocenters. The number of rotatable bonds is 7. The lowest BCUT2D eigenvalue weighted by atomic mass is 10.1. The summed E-state index contributed by atoms with van der Waals surface area (Å²) < 4.78 is 18.5. The van der Waals surface area contributed by atoms with Gasteiger partial charge in [-0.05, 0) is 48.4 Å². The van der Waals surface area contributed by atoms with E-state index >= 15 is 0 Å². The van der Waals surface area contributed by atoms with E-state index in [4.69, 9.17) is 4.74 Å². The zero-order chi connectivity index (χ0) is 19.1. The first-order valence-electron chi connectivity index (χ1n) is 8.42. The van der Waals surface area contributed by atoms with Crippen LogP contribution in [-0.4, -0.2) is 29.8 Å². The number of methoxy groups -OCH3 is 1. The van der Waals surface area contributed by atoms with Crippen LogP contribution in [0.3, 0.4) is 0 Å². The Hall–Kier alpha value is -3.48. The molecule has 6 nitrogen and oxygen atoms in total. The second-order valence-electron chi connectivity index (χ2n) is 5.76. The number of carbonyl (C=O) groups is 1. The SMILES string of the molecule is COc1ccccc1CCNc1ccc(C(=O)Nc2cccc(F)c2)nn1. The first-order valence-corrected chi connectivity index (χ1v) is 8.42. The highest BCUT2D eigenvalue weighted by Crippen LogP contribution is 2.17. The summed E-state index contributed by atoms with van der Waals surface area (Å²) in [5, 5.41) is 13.7. The lowest BCUT2D eigenvalue weighted by Gasteiger charge is -2.09. The maximum absolute atomic E-state index is 13.2. The van der Waals surface area contributed by atoms with Gasteiger partial charge in [-0.25, -0.2) is 4.39 Å². The Morgan fingerprint density at radius 1 is 1.07 bits per heavy atom. The molecule has 1 heterocycles. The zero-order valence-electron chi connectivity index (χ0n) is 14.8. The van der Waals surface area contributed by atoms with Gasteiger partial charge in [-0.1, -0.05) is 24.3 Å². The Bertz CT molecular complexity index is 916. The fourth-order valence-electron chi connectivity index (χ4n) is 2.54.